The van der Waals surface area contributed by atoms with Gasteiger partial charge in [-0.2, -0.15) is 0 Å². The minimum absolute atomic E-state index is 0.524. The van der Waals surface area contributed by atoms with Crippen LogP contribution in [0, 0.1) is 6.92 Å². The maximum Gasteiger partial charge on any atom is 0.0729 e. The standard InChI is InChI=1S/C37H24BrN/c1-23-14-17-31-32(18-23)37(27-16-15-24-8-2-3-9-25(24)19-27,28-20-26-10-4-7-13-35(26)39-22-28)33-21-34(38)29-11-5-6-12-30(29)36(31)33/h2-22H,1H3. The zero-order valence-corrected chi connectivity index (χ0v) is 23.0. The highest BCUT2D eigenvalue weighted by molar-refractivity contribution is 9.10. The van der Waals surface area contributed by atoms with Crippen molar-refractivity contribution >= 4 is 48.4 Å². The van der Waals surface area contributed by atoms with Gasteiger partial charge in [-0.3, -0.25) is 4.98 Å². The maximum absolute atomic E-state index is 5.00. The number of aryl methyl sites for hydroxylation is 1. The second-order valence-corrected chi connectivity index (χ2v) is 11.5. The van der Waals surface area contributed by atoms with E-state index in [1.807, 2.05) is 0 Å². The van der Waals surface area contributed by atoms with Crippen molar-refractivity contribution in [3.05, 3.63) is 160 Å². The number of para-hydroxylation sites is 1. The number of halogens is 1. The van der Waals surface area contributed by atoms with Gasteiger partial charge in [0.05, 0.1) is 10.9 Å². The largest absolute Gasteiger partial charge is 0.256 e. The predicted molar refractivity (Wildman–Crippen MR) is 166 cm³/mol. The molecule has 0 amide bonds. The van der Waals surface area contributed by atoms with Crippen LogP contribution in [0.15, 0.2) is 132 Å². The van der Waals surface area contributed by atoms with Gasteiger partial charge >= 0.3 is 0 Å². The number of hydrogen-bond acceptors (Lipinski definition) is 1. The average molecular weight is 563 g/mol. The minimum Gasteiger partial charge on any atom is -0.256 e. The lowest BCUT2D eigenvalue weighted by Crippen LogP contribution is -2.29. The predicted octanol–water partition coefficient (Wildman–Crippen LogP) is 9.98. The van der Waals surface area contributed by atoms with Crippen molar-refractivity contribution in [2.75, 3.05) is 0 Å². The van der Waals surface area contributed by atoms with Gasteiger partial charge in [0, 0.05) is 16.1 Å². The van der Waals surface area contributed by atoms with Crippen molar-refractivity contribution < 1.29 is 0 Å². The summed E-state index contributed by atoms with van der Waals surface area (Å²) in [4.78, 5) is 5.00. The number of hydrogen-bond donors (Lipinski definition) is 0. The number of aromatic nitrogens is 1. The number of pyridine rings is 1. The molecule has 7 aromatic rings. The topological polar surface area (TPSA) is 12.9 Å². The Labute approximate surface area is 235 Å². The quantitative estimate of drug-likeness (QED) is 0.204. The Morgan fingerprint density at radius 1 is 0.590 bits per heavy atom. The highest BCUT2D eigenvalue weighted by atomic mass is 79.9. The Morgan fingerprint density at radius 3 is 2.18 bits per heavy atom. The van der Waals surface area contributed by atoms with Crippen molar-refractivity contribution in [1.82, 2.24) is 4.98 Å². The Balaban J connectivity index is 1.60. The van der Waals surface area contributed by atoms with Gasteiger partial charge in [-0.15, -0.1) is 0 Å². The van der Waals surface area contributed by atoms with Crippen molar-refractivity contribution in [3.63, 3.8) is 0 Å². The summed E-state index contributed by atoms with van der Waals surface area (Å²) in [6, 6.07) is 44.4. The summed E-state index contributed by atoms with van der Waals surface area (Å²) in [7, 11) is 0. The molecule has 1 unspecified atom stereocenters. The second-order valence-electron chi connectivity index (χ2n) is 10.6. The molecule has 0 N–H and O–H groups in total. The van der Waals surface area contributed by atoms with Gasteiger partial charge in [0.2, 0.25) is 0 Å². The fourth-order valence-electron chi connectivity index (χ4n) is 6.74. The number of benzene rings is 6. The van der Waals surface area contributed by atoms with Gasteiger partial charge in [-0.1, -0.05) is 119 Å². The van der Waals surface area contributed by atoms with E-state index in [0.717, 1.165) is 15.4 Å². The van der Waals surface area contributed by atoms with E-state index >= 15 is 0 Å². The van der Waals surface area contributed by atoms with Gasteiger partial charge in [0.25, 0.3) is 0 Å². The highest BCUT2D eigenvalue weighted by Crippen LogP contribution is 2.59. The van der Waals surface area contributed by atoms with Gasteiger partial charge < -0.3 is 0 Å². The zero-order chi connectivity index (χ0) is 26.1. The summed E-state index contributed by atoms with van der Waals surface area (Å²) in [5, 5.41) is 6.14. The molecule has 6 aromatic carbocycles. The summed E-state index contributed by atoms with van der Waals surface area (Å²) < 4.78 is 1.11. The molecule has 0 radical (unpaired) electrons. The molecule has 0 spiro atoms. The van der Waals surface area contributed by atoms with E-state index in [1.54, 1.807) is 0 Å². The molecule has 1 aliphatic rings. The van der Waals surface area contributed by atoms with E-state index in [1.165, 1.54) is 60.5 Å². The first-order valence-electron chi connectivity index (χ1n) is 13.3. The van der Waals surface area contributed by atoms with E-state index in [0.29, 0.717) is 0 Å². The lowest BCUT2D eigenvalue weighted by Gasteiger charge is -2.34. The normalized spacial score (nSPS) is 16.1. The van der Waals surface area contributed by atoms with Crippen molar-refractivity contribution in [3.8, 4) is 11.1 Å². The van der Waals surface area contributed by atoms with Crippen LogP contribution < -0.4 is 0 Å². The molecule has 2 heteroatoms. The van der Waals surface area contributed by atoms with Crippen molar-refractivity contribution in [2.45, 2.75) is 12.3 Å². The number of rotatable bonds is 2. The van der Waals surface area contributed by atoms with E-state index in [2.05, 4.69) is 150 Å². The van der Waals surface area contributed by atoms with E-state index in [-0.39, 0.29) is 0 Å². The van der Waals surface area contributed by atoms with Crippen molar-refractivity contribution in [1.29, 1.82) is 0 Å². The Bertz CT molecular complexity index is 2030. The minimum atomic E-state index is -0.524. The van der Waals surface area contributed by atoms with Gasteiger partial charge in [0.15, 0.2) is 0 Å². The first-order chi connectivity index (χ1) is 19.1. The van der Waals surface area contributed by atoms with Gasteiger partial charge in [0.1, 0.15) is 0 Å². The molecule has 0 saturated carbocycles. The monoisotopic (exact) mass is 561 g/mol. The fraction of sp³-hybridized carbons (Fsp3) is 0.0541. The molecule has 1 nitrogen and oxygen atoms in total. The highest BCUT2D eigenvalue weighted by Gasteiger charge is 2.47. The smallest absolute Gasteiger partial charge is 0.0729 e. The molecule has 1 aliphatic carbocycles. The Hall–Kier alpha value is -4.27. The molecule has 0 bridgehead atoms. The summed E-state index contributed by atoms with van der Waals surface area (Å²) in [5.74, 6) is 0. The molecule has 0 saturated heterocycles. The first kappa shape index (κ1) is 22.7. The second kappa shape index (κ2) is 8.36. The van der Waals surface area contributed by atoms with Crippen LogP contribution in [-0.2, 0) is 5.41 Å². The van der Waals surface area contributed by atoms with Crippen molar-refractivity contribution in [2.24, 2.45) is 0 Å². The number of nitrogens with zero attached hydrogens (tertiary/aromatic N) is 1. The van der Waals surface area contributed by atoms with Crippen LogP contribution in [0.3, 0.4) is 0 Å². The molecule has 1 heterocycles. The molecular weight excluding hydrogens is 538 g/mol. The maximum atomic E-state index is 5.00. The van der Waals surface area contributed by atoms with Crippen LogP contribution in [0.2, 0.25) is 0 Å². The molecule has 39 heavy (non-hydrogen) atoms. The molecule has 0 fully saturated rings. The number of fused-ring (bicyclic) bond motifs is 7. The third-order valence-corrected chi connectivity index (χ3v) is 9.11. The van der Waals surface area contributed by atoms with Gasteiger partial charge in [-0.25, -0.2) is 0 Å². The SMILES string of the molecule is Cc1ccc2c(c1)C(c1ccc3ccccc3c1)(c1cnc3ccccc3c1)c1cc(Br)c3ccccc3c1-2. The van der Waals surface area contributed by atoms with Crippen LogP contribution in [0.1, 0.15) is 27.8 Å². The third-order valence-electron chi connectivity index (χ3n) is 8.45. The molecule has 1 aromatic heterocycles. The lowest BCUT2D eigenvalue weighted by molar-refractivity contribution is 0.766. The average Bonchev–Trinajstić information content (AvgIpc) is 3.26. The third kappa shape index (κ3) is 3.16. The van der Waals surface area contributed by atoms with Gasteiger partial charge in [-0.05, 0) is 86.1 Å². The molecule has 1 atom stereocenters. The van der Waals surface area contributed by atoms with Crippen LogP contribution in [-0.4, -0.2) is 4.98 Å². The molecule has 8 rings (SSSR count). The van der Waals surface area contributed by atoms with Crippen LogP contribution in [0.5, 0.6) is 0 Å². The fourth-order valence-corrected chi connectivity index (χ4v) is 7.31. The molecular formula is C37H24BrN. The zero-order valence-electron chi connectivity index (χ0n) is 21.4. The van der Waals surface area contributed by atoms with Crippen LogP contribution in [0.25, 0.3) is 43.6 Å². The van der Waals surface area contributed by atoms with Crippen LogP contribution in [0.4, 0.5) is 0 Å². The summed E-state index contributed by atoms with van der Waals surface area (Å²) in [6.07, 6.45) is 2.10. The summed E-state index contributed by atoms with van der Waals surface area (Å²) >= 11 is 3.97. The van der Waals surface area contributed by atoms with E-state index in [9.17, 15) is 0 Å². The van der Waals surface area contributed by atoms with E-state index in [4.69, 9.17) is 4.98 Å². The first-order valence-corrected chi connectivity index (χ1v) is 14.1. The molecule has 184 valence electrons. The van der Waals surface area contributed by atoms with Crippen LogP contribution >= 0.6 is 15.9 Å². The Kier molecular flexibility index (Phi) is 4.87. The summed E-state index contributed by atoms with van der Waals surface area (Å²) in [5.41, 5.74) is 9.39. The Morgan fingerprint density at radius 2 is 1.31 bits per heavy atom. The van der Waals surface area contributed by atoms with E-state index < -0.39 is 5.41 Å². The molecule has 0 aliphatic heterocycles. The summed E-state index contributed by atoms with van der Waals surface area (Å²) in [6.45, 7) is 2.20. The lowest BCUT2D eigenvalue weighted by atomic mass is 9.67.